The lowest BCUT2D eigenvalue weighted by molar-refractivity contribution is -0.145. The summed E-state index contributed by atoms with van der Waals surface area (Å²) in [6, 6.07) is 0. The van der Waals surface area contributed by atoms with Crippen molar-refractivity contribution in [2.75, 3.05) is 26.3 Å². The minimum atomic E-state index is -0.306. The van der Waals surface area contributed by atoms with Crippen molar-refractivity contribution in [1.82, 2.24) is 10.2 Å². The first kappa shape index (κ1) is 20.1. The van der Waals surface area contributed by atoms with E-state index in [1.807, 2.05) is 11.8 Å². The Kier molecular flexibility index (Phi) is 5.98. The van der Waals surface area contributed by atoms with Crippen molar-refractivity contribution in [3.63, 3.8) is 0 Å². The summed E-state index contributed by atoms with van der Waals surface area (Å²) >= 11 is 0. The summed E-state index contributed by atoms with van der Waals surface area (Å²) in [6.45, 7) is 6.80. The largest absolute Gasteiger partial charge is 0.368 e. The van der Waals surface area contributed by atoms with Gasteiger partial charge in [0.1, 0.15) is 12.2 Å². The second-order valence-electron chi connectivity index (χ2n) is 9.27. The molecule has 0 bridgehead atoms. The Morgan fingerprint density at radius 2 is 1.93 bits per heavy atom. The van der Waals surface area contributed by atoms with Crippen LogP contribution >= 0.6 is 0 Å². The van der Waals surface area contributed by atoms with Crippen molar-refractivity contribution in [3.8, 4) is 0 Å². The summed E-state index contributed by atoms with van der Waals surface area (Å²) in [6.07, 6.45) is 7.71. The van der Waals surface area contributed by atoms with Crippen LogP contribution in [0.2, 0.25) is 0 Å². The van der Waals surface area contributed by atoms with E-state index in [1.54, 1.807) is 0 Å². The summed E-state index contributed by atoms with van der Waals surface area (Å²) in [5.41, 5.74) is -0.218. The van der Waals surface area contributed by atoms with Crippen LogP contribution in [0.4, 0.5) is 0 Å². The average molecular weight is 393 g/mol. The summed E-state index contributed by atoms with van der Waals surface area (Å²) < 4.78 is 11.6. The van der Waals surface area contributed by atoms with Crippen LogP contribution in [0.25, 0.3) is 0 Å². The van der Waals surface area contributed by atoms with Crippen molar-refractivity contribution in [2.24, 2.45) is 17.8 Å². The van der Waals surface area contributed by atoms with Gasteiger partial charge in [-0.05, 0) is 69.6 Å². The number of carbonyl (C=O) groups is 2. The van der Waals surface area contributed by atoms with E-state index < -0.39 is 0 Å². The minimum absolute atomic E-state index is 0.0406. The van der Waals surface area contributed by atoms with Crippen LogP contribution in [0.1, 0.15) is 65.2 Å². The maximum atomic E-state index is 13.0. The molecule has 4 fully saturated rings. The van der Waals surface area contributed by atoms with Crippen molar-refractivity contribution < 1.29 is 19.1 Å². The number of nitrogens with one attached hydrogen (secondary N) is 1. The third-order valence-electron chi connectivity index (χ3n) is 7.59. The smallest absolute Gasteiger partial charge is 0.252 e. The number of ether oxygens (including phenoxy) is 2. The third-order valence-corrected chi connectivity index (χ3v) is 7.59. The zero-order chi connectivity index (χ0) is 19.7. The van der Waals surface area contributed by atoms with Crippen LogP contribution in [0.15, 0.2) is 0 Å². The molecule has 2 saturated carbocycles. The molecule has 4 atom stereocenters. The summed E-state index contributed by atoms with van der Waals surface area (Å²) in [4.78, 5) is 27.9. The van der Waals surface area contributed by atoms with Gasteiger partial charge < -0.3 is 19.7 Å². The van der Waals surface area contributed by atoms with E-state index >= 15 is 0 Å². The van der Waals surface area contributed by atoms with E-state index in [0.29, 0.717) is 37.5 Å². The third kappa shape index (κ3) is 3.95. The van der Waals surface area contributed by atoms with E-state index in [0.717, 1.165) is 45.1 Å². The number of fused-ring (bicyclic) bond motifs is 1. The quantitative estimate of drug-likeness (QED) is 0.723. The maximum absolute atomic E-state index is 13.0. The minimum Gasteiger partial charge on any atom is -0.368 e. The molecule has 6 heteroatoms. The first-order valence-electron chi connectivity index (χ1n) is 11.4. The molecule has 0 spiro atoms. The molecule has 0 aromatic rings. The molecule has 0 aromatic carbocycles. The Bertz CT molecular complexity index is 583. The first-order chi connectivity index (χ1) is 13.6. The van der Waals surface area contributed by atoms with Gasteiger partial charge in [0.15, 0.2) is 0 Å². The van der Waals surface area contributed by atoms with Crippen LogP contribution < -0.4 is 5.32 Å². The highest BCUT2D eigenvalue weighted by atomic mass is 16.5. The number of amides is 2. The molecule has 0 aromatic heterocycles. The lowest BCUT2D eigenvalue weighted by atomic mass is 9.84. The van der Waals surface area contributed by atoms with Gasteiger partial charge in [0, 0.05) is 25.2 Å². The van der Waals surface area contributed by atoms with Gasteiger partial charge in [0.25, 0.3) is 5.91 Å². The lowest BCUT2D eigenvalue weighted by Gasteiger charge is -2.43. The van der Waals surface area contributed by atoms with Gasteiger partial charge in [-0.15, -0.1) is 0 Å². The molecule has 4 rings (SSSR count). The Labute approximate surface area is 168 Å². The molecule has 1 N–H and O–H groups in total. The van der Waals surface area contributed by atoms with E-state index in [2.05, 4.69) is 12.2 Å². The van der Waals surface area contributed by atoms with E-state index in [-0.39, 0.29) is 29.6 Å². The fourth-order valence-electron chi connectivity index (χ4n) is 5.52. The molecule has 4 aliphatic rings. The number of nitrogens with zero attached hydrogens (tertiary/aromatic N) is 1. The SMILES string of the molecule is CCOC(C(=O)NC1(CC)CCN(C(=O)[C@@H]2OC[C@@H]3CCC[C@@H]32)CC1)C1CC1. The number of hydrogen-bond acceptors (Lipinski definition) is 4. The molecular weight excluding hydrogens is 356 g/mol. The number of hydrogen-bond donors (Lipinski definition) is 1. The fraction of sp³-hybridized carbons (Fsp3) is 0.909. The first-order valence-corrected chi connectivity index (χ1v) is 11.4. The molecule has 158 valence electrons. The Morgan fingerprint density at radius 3 is 2.57 bits per heavy atom. The number of carbonyl (C=O) groups excluding carboxylic acids is 2. The summed E-state index contributed by atoms with van der Waals surface area (Å²) in [5.74, 6) is 1.62. The molecule has 28 heavy (non-hydrogen) atoms. The molecule has 6 nitrogen and oxygen atoms in total. The topological polar surface area (TPSA) is 67.9 Å². The van der Waals surface area contributed by atoms with Crippen molar-refractivity contribution in [3.05, 3.63) is 0 Å². The van der Waals surface area contributed by atoms with Gasteiger partial charge in [0.2, 0.25) is 5.91 Å². The second kappa shape index (κ2) is 8.31. The molecule has 2 aliphatic heterocycles. The van der Waals surface area contributed by atoms with E-state index in [4.69, 9.17) is 9.47 Å². The zero-order valence-corrected chi connectivity index (χ0v) is 17.5. The lowest BCUT2D eigenvalue weighted by Crippen LogP contribution is -2.59. The van der Waals surface area contributed by atoms with Crippen LogP contribution in [-0.4, -0.2) is 60.8 Å². The Hall–Kier alpha value is -1.14. The predicted octanol–water partition coefficient (Wildman–Crippen LogP) is 2.50. The van der Waals surface area contributed by atoms with Crippen LogP contribution in [-0.2, 0) is 19.1 Å². The molecule has 2 aliphatic carbocycles. The van der Waals surface area contributed by atoms with Gasteiger partial charge in [-0.1, -0.05) is 13.3 Å². The Morgan fingerprint density at radius 1 is 1.18 bits per heavy atom. The van der Waals surface area contributed by atoms with Gasteiger partial charge in [0.05, 0.1) is 6.61 Å². The van der Waals surface area contributed by atoms with Crippen molar-refractivity contribution >= 4 is 11.8 Å². The predicted molar refractivity (Wildman–Crippen MR) is 106 cm³/mol. The van der Waals surface area contributed by atoms with Gasteiger partial charge >= 0.3 is 0 Å². The second-order valence-corrected chi connectivity index (χ2v) is 9.27. The van der Waals surface area contributed by atoms with Crippen LogP contribution in [0.5, 0.6) is 0 Å². The van der Waals surface area contributed by atoms with Gasteiger partial charge in [-0.25, -0.2) is 0 Å². The normalized spacial score (nSPS) is 32.8. The van der Waals surface area contributed by atoms with Gasteiger partial charge in [-0.2, -0.15) is 0 Å². The maximum Gasteiger partial charge on any atom is 0.252 e. The van der Waals surface area contributed by atoms with Crippen LogP contribution in [0, 0.1) is 17.8 Å². The summed E-state index contributed by atoms with van der Waals surface area (Å²) in [5, 5.41) is 3.32. The van der Waals surface area contributed by atoms with Crippen molar-refractivity contribution in [2.45, 2.75) is 83.0 Å². The molecule has 2 saturated heterocycles. The van der Waals surface area contributed by atoms with Crippen molar-refractivity contribution in [1.29, 1.82) is 0 Å². The molecular formula is C22H36N2O4. The highest BCUT2D eigenvalue weighted by molar-refractivity contribution is 5.83. The monoisotopic (exact) mass is 392 g/mol. The van der Waals surface area contributed by atoms with Crippen LogP contribution in [0.3, 0.4) is 0 Å². The molecule has 0 radical (unpaired) electrons. The zero-order valence-electron chi connectivity index (χ0n) is 17.5. The van der Waals surface area contributed by atoms with E-state index in [1.165, 1.54) is 12.8 Å². The Balaban J connectivity index is 1.33. The number of rotatable bonds is 7. The molecule has 1 unspecified atom stereocenters. The number of piperidine rings is 1. The highest BCUT2D eigenvalue weighted by Gasteiger charge is 2.47. The van der Waals surface area contributed by atoms with Gasteiger partial charge in [-0.3, -0.25) is 9.59 Å². The summed E-state index contributed by atoms with van der Waals surface area (Å²) in [7, 11) is 0. The fourth-order valence-corrected chi connectivity index (χ4v) is 5.52. The average Bonchev–Trinajstić information content (AvgIpc) is 3.29. The molecule has 2 amide bonds. The molecule has 2 heterocycles. The van der Waals surface area contributed by atoms with E-state index in [9.17, 15) is 9.59 Å². The number of likely N-dealkylation sites (tertiary alicyclic amines) is 1. The standard InChI is InChI=1S/C22H36N2O4/c1-3-22(23-20(25)18(27-4-2)15-8-9-15)10-12-24(13-11-22)21(26)19-17-7-5-6-16(17)14-28-19/h15-19H,3-14H2,1-2H3,(H,23,25)/t16-,17-,18?,19+/m0/s1. The highest BCUT2D eigenvalue weighted by Crippen LogP contribution is 2.41.